The van der Waals surface area contributed by atoms with E-state index in [-0.39, 0.29) is 11.8 Å². The summed E-state index contributed by atoms with van der Waals surface area (Å²) >= 11 is 0. The highest BCUT2D eigenvalue weighted by Crippen LogP contribution is 2.25. The van der Waals surface area contributed by atoms with Gasteiger partial charge < -0.3 is 4.90 Å². The van der Waals surface area contributed by atoms with Gasteiger partial charge in [0.1, 0.15) is 0 Å². The van der Waals surface area contributed by atoms with Gasteiger partial charge in [0.05, 0.1) is 0 Å². The van der Waals surface area contributed by atoms with Crippen LogP contribution in [0.5, 0.6) is 0 Å². The van der Waals surface area contributed by atoms with Crippen molar-refractivity contribution in [2.45, 2.75) is 27.2 Å². The molecule has 0 N–H and O–H groups in total. The molecule has 1 aliphatic rings. The van der Waals surface area contributed by atoms with E-state index in [1.807, 2.05) is 30.9 Å². The minimum Gasteiger partial charge on any atom is -0.312 e. The summed E-state index contributed by atoms with van der Waals surface area (Å²) in [5.41, 5.74) is 2.33. The molecule has 1 amide bonds. The molecule has 0 saturated carbocycles. The van der Waals surface area contributed by atoms with Gasteiger partial charge in [0, 0.05) is 18.2 Å². The predicted octanol–water partition coefficient (Wildman–Crippen LogP) is 2.89. The van der Waals surface area contributed by atoms with Gasteiger partial charge in [-0.3, -0.25) is 4.79 Å². The Balaban J connectivity index is 2.88. The molecule has 1 heterocycles. The van der Waals surface area contributed by atoms with Gasteiger partial charge in [-0.25, -0.2) is 0 Å². The lowest BCUT2D eigenvalue weighted by atomic mass is 10.2. The molecular formula is C13H19NO. The van der Waals surface area contributed by atoms with E-state index in [4.69, 9.17) is 0 Å². The van der Waals surface area contributed by atoms with Crippen molar-refractivity contribution in [1.29, 1.82) is 0 Å². The fraction of sp³-hybridized carbons (Fsp3) is 0.462. The maximum absolute atomic E-state index is 11.9. The zero-order valence-electron chi connectivity index (χ0n) is 9.79. The van der Waals surface area contributed by atoms with Gasteiger partial charge >= 0.3 is 0 Å². The molecule has 0 unspecified atom stereocenters. The molecule has 0 bridgehead atoms. The standard InChI is InChI=1S/C13H19NO/c1-5-6-7-12-11(4)8-9-14(12)13(15)10(2)3/h5-7,10H,1,8-9H2,2-4H3/b7-6-. The topological polar surface area (TPSA) is 20.3 Å². The summed E-state index contributed by atoms with van der Waals surface area (Å²) in [6.07, 6.45) is 6.56. The summed E-state index contributed by atoms with van der Waals surface area (Å²) in [5, 5.41) is 0. The third-order valence-electron chi connectivity index (χ3n) is 2.59. The number of hydrogen-bond donors (Lipinski definition) is 0. The highest BCUT2D eigenvalue weighted by molar-refractivity contribution is 5.81. The van der Waals surface area contributed by atoms with E-state index in [1.54, 1.807) is 6.08 Å². The van der Waals surface area contributed by atoms with Crippen LogP contribution >= 0.6 is 0 Å². The maximum atomic E-state index is 11.9. The summed E-state index contributed by atoms with van der Waals surface area (Å²) in [5.74, 6) is 0.263. The lowest BCUT2D eigenvalue weighted by Gasteiger charge is -2.20. The zero-order valence-corrected chi connectivity index (χ0v) is 9.79. The third kappa shape index (κ3) is 2.58. The van der Waals surface area contributed by atoms with E-state index >= 15 is 0 Å². The molecule has 0 fully saturated rings. The van der Waals surface area contributed by atoms with E-state index in [0.717, 1.165) is 18.7 Å². The van der Waals surface area contributed by atoms with Crippen LogP contribution < -0.4 is 0 Å². The van der Waals surface area contributed by atoms with E-state index < -0.39 is 0 Å². The smallest absolute Gasteiger partial charge is 0.229 e. The Labute approximate surface area is 92.0 Å². The minimum atomic E-state index is 0.0584. The normalized spacial score (nSPS) is 16.9. The first-order valence-electron chi connectivity index (χ1n) is 5.38. The first-order valence-corrected chi connectivity index (χ1v) is 5.38. The number of nitrogens with zero attached hydrogens (tertiary/aromatic N) is 1. The van der Waals surface area contributed by atoms with Crippen molar-refractivity contribution in [3.05, 3.63) is 36.1 Å². The predicted molar refractivity (Wildman–Crippen MR) is 63.2 cm³/mol. The fourth-order valence-corrected chi connectivity index (χ4v) is 1.69. The number of carbonyl (C=O) groups excluding carboxylic acids is 1. The van der Waals surface area contributed by atoms with Crippen LogP contribution in [-0.4, -0.2) is 17.4 Å². The average Bonchev–Trinajstić information content (AvgIpc) is 2.55. The van der Waals surface area contributed by atoms with Crippen molar-refractivity contribution in [2.75, 3.05) is 6.54 Å². The van der Waals surface area contributed by atoms with Gasteiger partial charge in [-0.1, -0.05) is 32.6 Å². The molecular weight excluding hydrogens is 186 g/mol. The number of allylic oxidation sites excluding steroid dienone is 3. The number of rotatable bonds is 3. The SMILES string of the molecule is C=C/C=C\C1=C(C)CCN1C(=O)C(C)C. The minimum absolute atomic E-state index is 0.0584. The van der Waals surface area contributed by atoms with Gasteiger partial charge in [-0.2, -0.15) is 0 Å². The lowest BCUT2D eigenvalue weighted by molar-refractivity contribution is -0.131. The Morgan fingerprint density at radius 1 is 1.53 bits per heavy atom. The van der Waals surface area contributed by atoms with Crippen molar-refractivity contribution in [3.8, 4) is 0 Å². The molecule has 0 atom stereocenters. The van der Waals surface area contributed by atoms with E-state index in [9.17, 15) is 4.79 Å². The Kier molecular flexibility index (Phi) is 3.89. The molecule has 0 radical (unpaired) electrons. The quantitative estimate of drug-likeness (QED) is 0.649. The molecule has 1 rings (SSSR count). The van der Waals surface area contributed by atoms with Crippen LogP contribution in [0, 0.1) is 5.92 Å². The van der Waals surface area contributed by atoms with Crippen LogP contribution in [-0.2, 0) is 4.79 Å². The molecule has 0 aromatic rings. The maximum Gasteiger partial charge on any atom is 0.229 e. The third-order valence-corrected chi connectivity index (χ3v) is 2.59. The van der Waals surface area contributed by atoms with Gasteiger partial charge in [0.15, 0.2) is 0 Å². The largest absolute Gasteiger partial charge is 0.312 e. The van der Waals surface area contributed by atoms with Crippen LogP contribution in [0.2, 0.25) is 0 Å². The molecule has 0 aromatic carbocycles. The van der Waals surface area contributed by atoms with Gasteiger partial charge in [0.25, 0.3) is 0 Å². The summed E-state index contributed by atoms with van der Waals surface area (Å²) < 4.78 is 0. The highest BCUT2D eigenvalue weighted by atomic mass is 16.2. The molecule has 82 valence electrons. The van der Waals surface area contributed by atoms with Crippen molar-refractivity contribution in [3.63, 3.8) is 0 Å². The van der Waals surface area contributed by atoms with Crippen LogP contribution in [0.15, 0.2) is 36.1 Å². The molecule has 0 saturated heterocycles. The van der Waals surface area contributed by atoms with Gasteiger partial charge in [0.2, 0.25) is 5.91 Å². The summed E-state index contributed by atoms with van der Waals surface area (Å²) in [6.45, 7) is 10.4. The van der Waals surface area contributed by atoms with Crippen LogP contribution in [0.1, 0.15) is 27.2 Å². The summed E-state index contributed by atoms with van der Waals surface area (Å²) in [4.78, 5) is 13.8. The van der Waals surface area contributed by atoms with E-state index in [1.165, 1.54) is 5.57 Å². The Morgan fingerprint density at radius 3 is 2.73 bits per heavy atom. The van der Waals surface area contributed by atoms with E-state index in [0.29, 0.717) is 0 Å². The van der Waals surface area contributed by atoms with Crippen molar-refractivity contribution in [2.24, 2.45) is 5.92 Å². The summed E-state index contributed by atoms with van der Waals surface area (Å²) in [6, 6.07) is 0. The van der Waals surface area contributed by atoms with Gasteiger partial charge in [-0.15, -0.1) is 0 Å². The number of hydrogen-bond acceptors (Lipinski definition) is 1. The second-order valence-corrected chi connectivity index (χ2v) is 4.15. The second kappa shape index (κ2) is 4.96. The zero-order chi connectivity index (χ0) is 11.4. The molecule has 2 nitrogen and oxygen atoms in total. The molecule has 0 spiro atoms. The van der Waals surface area contributed by atoms with Crippen LogP contribution in [0.4, 0.5) is 0 Å². The first kappa shape index (κ1) is 11.8. The monoisotopic (exact) mass is 205 g/mol. The first-order chi connectivity index (χ1) is 7.07. The molecule has 0 aromatic heterocycles. The molecule has 2 heteroatoms. The Bertz CT molecular complexity index is 323. The fourth-order valence-electron chi connectivity index (χ4n) is 1.69. The Hall–Kier alpha value is -1.31. The molecule has 15 heavy (non-hydrogen) atoms. The highest BCUT2D eigenvalue weighted by Gasteiger charge is 2.25. The lowest BCUT2D eigenvalue weighted by Crippen LogP contribution is -2.30. The van der Waals surface area contributed by atoms with Crippen molar-refractivity contribution < 1.29 is 4.79 Å². The molecule has 1 aliphatic heterocycles. The average molecular weight is 205 g/mol. The summed E-state index contributed by atoms with van der Waals surface area (Å²) in [7, 11) is 0. The Morgan fingerprint density at radius 2 is 2.20 bits per heavy atom. The molecule has 0 aliphatic carbocycles. The van der Waals surface area contributed by atoms with E-state index in [2.05, 4.69) is 13.5 Å². The van der Waals surface area contributed by atoms with Crippen molar-refractivity contribution in [1.82, 2.24) is 4.90 Å². The second-order valence-electron chi connectivity index (χ2n) is 4.15. The number of carbonyl (C=O) groups is 1. The van der Waals surface area contributed by atoms with Gasteiger partial charge in [-0.05, 0) is 25.0 Å². The van der Waals surface area contributed by atoms with Crippen LogP contribution in [0.3, 0.4) is 0 Å². The van der Waals surface area contributed by atoms with Crippen molar-refractivity contribution >= 4 is 5.91 Å². The van der Waals surface area contributed by atoms with Crippen LogP contribution in [0.25, 0.3) is 0 Å². The number of amides is 1.